The highest BCUT2D eigenvalue weighted by Crippen LogP contribution is 2.28. The van der Waals surface area contributed by atoms with E-state index < -0.39 is 16.3 Å². The molecule has 3 heterocycles. The lowest BCUT2D eigenvalue weighted by Crippen LogP contribution is -2.50. The van der Waals surface area contributed by atoms with Crippen LogP contribution in [0.2, 0.25) is 0 Å². The molecule has 1 aromatic heterocycles. The predicted molar refractivity (Wildman–Crippen MR) is 115 cm³/mol. The first-order valence-electron chi connectivity index (χ1n) is 11.2. The largest absolute Gasteiger partial charge is 0.391 e. The Morgan fingerprint density at radius 2 is 1.70 bits per heavy atom. The molecule has 0 radical (unpaired) electrons. The third kappa shape index (κ3) is 4.71. The molecule has 3 fully saturated rings. The lowest BCUT2D eigenvalue weighted by atomic mass is 9.93. The van der Waals surface area contributed by atoms with Crippen molar-refractivity contribution in [3.8, 4) is 0 Å². The van der Waals surface area contributed by atoms with Gasteiger partial charge in [-0.2, -0.15) is 17.8 Å². The third-order valence-corrected chi connectivity index (χ3v) is 8.22. The Morgan fingerprint density at radius 1 is 1.00 bits per heavy atom. The maximum absolute atomic E-state index is 12.6. The normalized spacial score (nSPS) is 28.7. The van der Waals surface area contributed by atoms with Crippen LogP contribution < -0.4 is 15.2 Å². The van der Waals surface area contributed by atoms with Crippen molar-refractivity contribution in [2.45, 2.75) is 76.0 Å². The Bertz CT molecular complexity index is 883. The van der Waals surface area contributed by atoms with Crippen LogP contribution in [-0.2, 0) is 10.2 Å². The molecule has 2 N–H and O–H groups in total. The number of aromatic nitrogens is 2. The number of anilines is 1. The molecule has 3 unspecified atom stereocenters. The van der Waals surface area contributed by atoms with Gasteiger partial charge < -0.3 is 10.0 Å². The van der Waals surface area contributed by atoms with Crippen LogP contribution in [0.1, 0.15) is 63.8 Å². The fourth-order valence-corrected chi connectivity index (χ4v) is 6.24. The van der Waals surface area contributed by atoms with E-state index in [0.29, 0.717) is 31.9 Å². The fraction of sp³-hybridized carbons (Fsp3) is 0.800. The number of hydrogen-bond acceptors (Lipinski definition) is 6. The summed E-state index contributed by atoms with van der Waals surface area (Å²) in [6.07, 6.45) is 7.56. The van der Waals surface area contributed by atoms with Crippen molar-refractivity contribution in [1.29, 1.82) is 0 Å². The summed E-state index contributed by atoms with van der Waals surface area (Å²) in [7, 11) is -3.46. The fourth-order valence-electron chi connectivity index (χ4n) is 4.92. The van der Waals surface area contributed by atoms with Crippen LogP contribution in [0.5, 0.6) is 0 Å². The number of nitrogens with one attached hydrogen (secondary N) is 1. The number of nitrogens with zero attached hydrogens (tertiary/aromatic N) is 4. The van der Waals surface area contributed by atoms with Crippen LogP contribution in [0.25, 0.3) is 0 Å². The van der Waals surface area contributed by atoms with E-state index in [4.69, 9.17) is 0 Å². The molecule has 4 rings (SSSR count). The zero-order chi connectivity index (χ0) is 21.1. The van der Waals surface area contributed by atoms with E-state index in [1.165, 1.54) is 15.1 Å². The predicted octanol–water partition coefficient (Wildman–Crippen LogP) is 1.01. The molecule has 0 spiro atoms. The number of aliphatic hydroxyl groups is 1. The summed E-state index contributed by atoms with van der Waals surface area (Å²) in [6.45, 7) is 2.26. The summed E-state index contributed by atoms with van der Waals surface area (Å²) in [5.74, 6) is 0.678. The van der Waals surface area contributed by atoms with Crippen LogP contribution in [0.4, 0.5) is 5.82 Å². The van der Waals surface area contributed by atoms with Gasteiger partial charge in [0, 0.05) is 38.3 Å². The van der Waals surface area contributed by atoms with Gasteiger partial charge in [-0.15, -0.1) is 0 Å². The number of hydrogen-bond donors (Lipinski definition) is 2. The van der Waals surface area contributed by atoms with Crippen molar-refractivity contribution in [1.82, 2.24) is 18.8 Å². The molecule has 1 aliphatic carbocycles. The minimum absolute atomic E-state index is 0.00846. The summed E-state index contributed by atoms with van der Waals surface area (Å²) >= 11 is 0. The second kappa shape index (κ2) is 9.33. The van der Waals surface area contributed by atoms with Gasteiger partial charge in [-0.05, 0) is 51.0 Å². The monoisotopic (exact) mass is 439 g/mol. The summed E-state index contributed by atoms with van der Waals surface area (Å²) in [5.41, 5.74) is -0.201. The molecular formula is C20H33N5O4S. The Labute approximate surface area is 178 Å². The Balaban J connectivity index is 1.51. The Hall–Kier alpha value is -1.49. The van der Waals surface area contributed by atoms with Crippen LogP contribution in [-0.4, -0.2) is 65.9 Å². The zero-order valence-electron chi connectivity index (χ0n) is 17.4. The second-order valence-electron chi connectivity index (χ2n) is 8.70. The van der Waals surface area contributed by atoms with Crippen LogP contribution in [0.3, 0.4) is 0 Å². The summed E-state index contributed by atoms with van der Waals surface area (Å²) in [5, 5.41) is 15.0. The van der Waals surface area contributed by atoms with Gasteiger partial charge in [0.1, 0.15) is 5.82 Å². The molecule has 168 valence electrons. The van der Waals surface area contributed by atoms with Crippen molar-refractivity contribution < 1.29 is 13.5 Å². The molecular weight excluding hydrogens is 406 g/mol. The van der Waals surface area contributed by atoms with E-state index in [2.05, 4.69) is 14.7 Å². The molecule has 3 atom stereocenters. The third-order valence-electron chi connectivity index (χ3n) is 6.65. The average molecular weight is 440 g/mol. The highest BCUT2D eigenvalue weighted by molar-refractivity contribution is 7.87. The first kappa shape index (κ1) is 21.7. The number of piperidine rings is 1. The van der Waals surface area contributed by atoms with Crippen molar-refractivity contribution in [2.75, 3.05) is 31.1 Å². The number of aliphatic hydroxyl groups excluding tert-OH is 1. The molecule has 1 aromatic rings. The summed E-state index contributed by atoms with van der Waals surface area (Å²) in [6, 6.07) is 2.94. The highest BCUT2D eigenvalue weighted by atomic mass is 32.2. The van der Waals surface area contributed by atoms with E-state index in [1.54, 1.807) is 6.07 Å². The van der Waals surface area contributed by atoms with Gasteiger partial charge in [0.2, 0.25) is 0 Å². The van der Waals surface area contributed by atoms with Gasteiger partial charge in [0.05, 0.1) is 12.1 Å². The van der Waals surface area contributed by atoms with E-state index in [0.717, 1.165) is 57.9 Å². The van der Waals surface area contributed by atoms with Crippen LogP contribution >= 0.6 is 0 Å². The molecule has 0 bridgehead atoms. The van der Waals surface area contributed by atoms with E-state index in [-0.39, 0.29) is 17.6 Å². The molecule has 0 amide bonds. The lowest BCUT2D eigenvalue weighted by molar-refractivity contribution is 0.0669. The maximum Gasteiger partial charge on any atom is 0.279 e. The van der Waals surface area contributed by atoms with Crippen molar-refractivity contribution >= 4 is 16.0 Å². The van der Waals surface area contributed by atoms with Crippen molar-refractivity contribution in [2.24, 2.45) is 0 Å². The standard InChI is InChI=1S/C20H33N5O4S/c26-18-9-2-1-8-17(18)25-20(27)11-10-19(22-25)24-14-4-3-7-16(24)15-21-30(28,29)23-12-5-6-13-23/h10-11,16-18,21,26H,1-9,12-15H2. The van der Waals surface area contributed by atoms with Crippen molar-refractivity contribution in [3.63, 3.8) is 0 Å². The second-order valence-corrected chi connectivity index (χ2v) is 10.5. The van der Waals surface area contributed by atoms with Gasteiger partial charge in [-0.25, -0.2) is 9.40 Å². The minimum Gasteiger partial charge on any atom is -0.391 e. The number of rotatable bonds is 6. The average Bonchev–Trinajstić information content (AvgIpc) is 3.30. The molecule has 2 aliphatic heterocycles. The van der Waals surface area contributed by atoms with Gasteiger partial charge >= 0.3 is 0 Å². The molecule has 0 aromatic carbocycles. The van der Waals surface area contributed by atoms with Crippen LogP contribution in [0.15, 0.2) is 16.9 Å². The molecule has 1 saturated carbocycles. The smallest absolute Gasteiger partial charge is 0.279 e. The highest BCUT2D eigenvalue weighted by Gasteiger charge is 2.31. The first-order valence-corrected chi connectivity index (χ1v) is 12.7. The summed E-state index contributed by atoms with van der Waals surface area (Å²) < 4.78 is 30.9. The zero-order valence-corrected chi connectivity index (χ0v) is 18.3. The first-order chi connectivity index (χ1) is 14.5. The quantitative estimate of drug-likeness (QED) is 0.685. The van der Waals surface area contributed by atoms with E-state index in [1.807, 2.05) is 0 Å². The molecule has 2 saturated heterocycles. The summed E-state index contributed by atoms with van der Waals surface area (Å²) in [4.78, 5) is 14.6. The minimum atomic E-state index is -3.46. The maximum atomic E-state index is 12.6. The van der Waals surface area contributed by atoms with Gasteiger partial charge in [-0.3, -0.25) is 4.79 Å². The van der Waals surface area contributed by atoms with E-state index >= 15 is 0 Å². The topological polar surface area (TPSA) is 108 Å². The van der Waals surface area contributed by atoms with Crippen LogP contribution in [0, 0.1) is 0 Å². The Morgan fingerprint density at radius 3 is 2.47 bits per heavy atom. The van der Waals surface area contributed by atoms with Crippen molar-refractivity contribution in [3.05, 3.63) is 22.5 Å². The SMILES string of the molecule is O=c1ccc(N2CCCCC2CNS(=O)(=O)N2CCCC2)nn1C1CCCCC1O. The Kier molecular flexibility index (Phi) is 6.76. The van der Waals surface area contributed by atoms with Gasteiger partial charge in [0.25, 0.3) is 15.8 Å². The van der Waals surface area contributed by atoms with E-state index in [9.17, 15) is 18.3 Å². The van der Waals surface area contributed by atoms with Gasteiger partial charge in [-0.1, -0.05) is 12.8 Å². The molecule has 10 heteroatoms. The lowest BCUT2D eigenvalue weighted by Gasteiger charge is -2.37. The molecule has 3 aliphatic rings. The molecule has 30 heavy (non-hydrogen) atoms. The molecule has 9 nitrogen and oxygen atoms in total. The van der Waals surface area contributed by atoms with Gasteiger partial charge in [0.15, 0.2) is 0 Å².